The van der Waals surface area contributed by atoms with Gasteiger partial charge in [-0.2, -0.15) is 0 Å². The van der Waals surface area contributed by atoms with Crippen LogP contribution in [0.2, 0.25) is 0 Å². The third-order valence-electron chi connectivity index (χ3n) is 4.28. The monoisotopic (exact) mass is 380 g/mol. The van der Waals surface area contributed by atoms with Crippen LogP contribution in [0.1, 0.15) is 38.8 Å². The van der Waals surface area contributed by atoms with Crippen LogP contribution in [0.5, 0.6) is 5.75 Å². The fourth-order valence-corrected chi connectivity index (χ4v) is 2.94. The minimum Gasteiger partial charge on any atom is -0.410 e. The number of hydrogen-bond donors (Lipinski definition) is 1. The molecule has 0 aliphatic rings. The van der Waals surface area contributed by atoms with Crippen molar-refractivity contribution in [1.82, 2.24) is 0 Å². The van der Waals surface area contributed by atoms with Gasteiger partial charge in [0, 0.05) is 18.8 Å². The number of para-hydroxylation sites is 1. The summed E-state index contributed by atoms with van der Waals surface area (Å²) >= 11 is 0. The zero-order valence-electron chi connectivity index (χ0n) is 17.4. The second-order valence-electron chi connectivity index (χ2n) is 7.67. The van der Waals surface area contributed by atoms with Crippen LogP contribution < -0.4 is 15.0 Å². The molecule has 2 rings (SSSR count). The van der Waals surface area contributed by atoms with E-state index in [-0.39, 0.29) is 11.3 Å². The lowest BCUT2D eigenvalue weighted by molar-refractivity contribution is -0.111. The lowest BCUT2D eigenvalue weighted by Gasteiger charge is -2.28. The van der Waals surface area contributed by atoms with E-state index < -0.39 is 6.09 Å². The number of ether oxygens (including phenoxy) is 1. The highest BCUT2D eigenvalue weighted by Gasteiger charge is 2.25. The minimum absolute atomic E-state index is 0.118. The zero-order chi connectivity index (χ0) is 20.9. The normalized spacial score (nSPS) is 11.4. The summed E-state index contributed by atoms with van der Waals surface area (Å²) in [7, 11) is 1.71. The molecule has 28 heavy (non-hydrogen) atoms. The lowest BCUT2D eigenvalue weighted by Crippen LogP contribution is -2.32. The van der Waals surface area contributed by atoms with E-state index in [1.54, 1.807) is 44.3 Å². The number of allylic oxidation sites excluding steroid dienone is 1. The van der Waals surface area contributed by atoms with Gasteiger partial charge in [0.05, 0.1) is 5.69 Å². The van der Waals surface area contributed by atoms with Crippen LogP contribution in [0.4, 0.5) is 16.2 Å². The van der Waals surface area contributed by atoms with Gasteiger partial charge in [-0.05, 0) is 48.6 Å². The molecule has 0 bridgehead atoms. The predicted octanol–water partition coefficient (Wildman–Crippen LogP) is 5.44. The number of rotatable bonds is 4. The number of amides is 2. The van der Waals surface area contributed by atoms with Gasteiger partial charge in [-0.15, -0.1) is 0 Å². The first kappa shape index (κ1) is 21.2. The molecular formula is C23H28N2O3. The summed E-state index contributed by atoms with van der Waals surface area (Å²) in [5.41, 5.74) is 3.35. The standard InChI is InChI=1S/C23H28N2O3/c1-7-10-20(26)24-17-12-9-13-18(15-17)28-22(27)25(6)21-16(2)11-8-14-19(21)23(3,4)5/h7-15H,1-6H3,(H,24,26)/b10-7+. The molecule has 2 aromatic carbocycles. The van der Waals surface area contributed by atoms with Crippen LogP contribution in [0, 0.1) is 6.92 Å². The molecule has 0 radical (unpaired) electrons. The van der Waals surface area contributed by atoms with Crippen molar-refractivity contribution in [2.75, 3.05) is 17.3 Å². The van der Waals surface area contributed by atoms with Crippen LogP contribution in [-0.4, -0.2) is 19.0 Å². The maximum atomic E-state index is 12.8. The topological polar surface area (TPSA) is 58.6 Å². The van der Waals surface area contributed by atoms with Crippen LogP contribution in [-0.2, 0) is 10.2 Å². The molecule has 0 spiro atoms. The van der Waals surface area contributed by atoms with Gasteiger partial charge in [-0.3, -0.25) is 9.69 Å². The van der Waals surface area contributed by atoms with Gasteiger partial charge in [0.25, 0.3) is 0 Å². The van der Waals surface area contributed by atoms with Crippen LogP contribution >= 0.6 is 0 Å². The number of aryl methyl sites for hydroxylation is 1. The summed E-state index contributed by atoms with van der Waals surface area (Å²) in [4.78, 5) is 26.0. The van der Waals surface area contributed by atoms with Crippen LogP contribution in [0.15, 0.2) is 54.6 Å². The molecule has 0 aliphatic carbocycles. The Morgan fingerprint density at radius 3 is 2.43 bits per heavy atom. The Morgan fingerprint density at radius 2 is 1.79 bits per heavy atom. The molecule has 5 heteroatoms. The lowest BCUT2D eigenvalue weighted by atomic mass is 9.84. The molecule has 0 atom stereocenters. The molecule has 1 N–H and O–H groups in total. The van der Waals surface area contributed by atoms with Gasteiger partial charge in [0.15, 0.2) is 0 Å². The van der Waals surface area contributed by atoms with Gasteiger partial charge < -0.3 is 10.1 Å². The van der Waals surface area contributed by atoms with Crippen molar-refractivity contribution >= 4 is 23.4 Å². The summed E-state index contributed by atoms with van der Waals surface area (Å²) < 4.78 is 5.55. The summed E-state index contributed by atoms with van der Waals surface area (Å²) in [6.07, 6.45) is 2.60. The molecule has 148 valence electrons. The summed E-state index contributed by atoms with van der Waals surface area (Å²) in [5, 5.41) is 2.72. The van der Waals surface area contributed by atoms with Gasteiger partial charge in [-0.25, -0.2) is 4.79 Å². The van der Waals surface area contributed by atoms with Crippen LogP contribution in [0.3, 0.4) is 0 Å². The molecule has 2 aromatic rings. The Bertz CT molecular complexity index is 895. The third-order valence-corrected chi connectivity index (χ3v) is 4.28. The highest BCUT2D eigenvalue weighted by molar-refractivity contribution is 5.99. The number of anilines is 2. The number of carbonyl (C=O) groups is 2. The maximum absolute atomic E-state index is 12.8. The third kappa shape index (κ3) is 5.22. The van der Waals surface area contributed by atoms with E-state index in [0.717, 1.165) is 16.8 Å². The molecule has 0 aromatic heterocycles. The fourth-order valence-electron chi connectivity index (χ4n) is 2.94. The molecule has 5 nitrogen and oxygen atoms in total. The van der Waals surface area contributed by atoms with E-state index in [1.807, 2.05) is 25.1 Å². The van der Waals surface area contributed by atoms with E-state index in [0.29, 0.717) is 11.4 Å². The minimum atomic E-state index is -0.489. The van der Waals surface area contributed by atoms with E-state index in [4.69, 9.17) is 4.74 Å². The van der Waals surface area contributed by atoms with E-state index in [9.17, 15) is 9.59 Å². The molecular weight excluding hydrogens is 352 g/mol. The smallest absolute Gasteiger partial charge is 0.410 e. The van der Waals surface area contributed by atoms with Crippen molar-refractivity contribution in [1.29, 1.82) is 0 Å². The van der Waals surface area contributed by atoms with Gasteiger partial charge in [0.2, 0.25) is 5.91 Å². The number of hydrogen-bond acceptors (Lipinski definition) is 3. The summed E-state index contributed by atoms with van der Waals surface area (Å²) in [6, 6.07) is 12.8. The molecule has 2 amide bonds. The molecule has 0 unspecified atom stereocenters. The van der Waals surface area contributed by atoms with Crippen molar-refractivity contribution < 1.29 is 14.3 Å². The average Bonchev–Trinajstić information content (AvgIpc) is 2.60. The number of benzene rings is 2. The molecule has 0 fully saturated rings. The largest absolute Gasteiger partial charge is 0.419 e. The fraction of sp³-hybridized carbons (Fsp3) is 0.304. The van der Waals surface area contributed by atoms with Crippen LogP contribution in [0.25, 0.3) is 0 Å². The van der Waals surface area contributed by atoms with Crippen molar-refractivity contribution in [2.45, 2.75) is 40.0 Å². The van der Waals surface area contributed by atoms with Gasteiger partial charge in [-0.1, -0.05) is 51.1 Å². The van der Waals surface area contributed by atoms with E-state index in [1.165, 1.54) is 11.0 Å². The van der Waals surface area contributed by atoms with Crippen molar-refractivity contribution in [2.24, 2.45) is 0 Å². The molecule has 0 heterocycles. The van der Waals surface area contributed by atoms with Crippen molar-refractivity contribution in [3.05, 3.63) is 65.7 Å². The van der Waals surface area contributed by atoms with E-state index in [2.05, 4.69) is 26.1 Å². The van der Waals surface area contributed by atoms with Gasteiger partial charge in [0.1, 0.15) is 5.75 Å². The zero-order valence-corrected chi connectivity index (χ0v) is 17.4. The number of nitrogens with zero attached hydrogens (tertiary/aromatic N) is 1. The number of nitrogens with one attached hydrogen (secondary N) is 1. The Kier molecular flexibility index (Phi) is 6.62. The predicted molar refractivity (Wildman–Crippen MR) is 114 cm³/mol. The first-order chi connectivity index (χ1) is 13.1. The Morgan fingerprint density at radius 1 is 1.11 bits per heavy atom. The SMILES string of the molecule is C/C=C/C(=O)Nc1cccc(OC(=O)N(C)c2c(C)cccc2C(C)(C)C)c1. The van der Waals surface area contributed by atoms with Crippen molar-refractivity contribution in [3.63, 3.8) is 0 Å². The maximum Gasteiger partial charge on any atom is 0.419 e. The molecule has 0 saturated heterocycles. The Labute approximate surface area is 167 Å². The second kappa shape index (κ2) is 8.74. The molecule has 0 aliphatic heterocycles. The average molecular weight is 380 g/mol. The Hall–Kier alpha value is -3.08. The quantitative estimate of drug-likeness (QED) is 0.718. The highest BCUT2D eigenvalue weighted by atomic mass is 16.6. The molecule has 0 saturated carbocycles. The van der Waals surface area contributed by atoms with Crippen molar-refractivity contribution in [3.8, 4) is 5.75 Å². The highest BCUT2D eigenvalue weighted by Crippen LogP contribution is 2.34. The Balaban J connectivity index is 2.24. The van der Waals surface area contributed by atoms with E-state index >= 15 is 0 Å². The first-order valence-corrected chi connectivity index (χ1v) is 9.23. The summed E-state index contributed by atoms with van der Waals surface area (Å²) in [6.45, 7) is 10.1. The first-order valence-electron chi connectivity index (χ1n) is 9.23. The summed E-state index contributed by atoms with van der Waals surface area (Å²) in [5.74, 6) is 0.124. The van der Waals surface area contributed by atoms with Gasteiger partial charge >= 0.3 is 6.09 Å². The second-order valence-corrected chi connectivity index (χ2v) is 7.67. The number of carbonyl (C=O) groups excluding carboxylic acids is 2.